The van der Waals surface area contributed by atoms with Crippen molar-refractivity contribution < 1.29 is 0 Å². The minimum absolute atomic E-state index is 0.00900. The largest absolute Gasteiger partial charge is 0.305 e. The van der Waals surface area contributed by atoms with Crippen molar-refractivity contribution in [2.45, 2.75) is 14.7 Å². The predicted octanol–water partition coefficient (Wildman–Crippen LogP) is 3.21. The highest BCUT2D eigenvalue weighted by Crippen LogP contribution is 2.36. The smallest absolute Gasteiger partial charge is 0.150 e. The Bertz CT molecular complexity index is 568. The van der Waals surface area contributed by atoms with Gasteiger partial charge in [0.2, 0.25) is 0 Å². The molecule has 0 bridgehead atoms. The molecule has 1 aromatic rings. The molecule has 10 heteroatoms. The summed E-state index contributed by atoms with van der Waals surface area (Å²) in [6.45, 7) is 0. The van der Waals surface area contributed by atoms with Gasteiger partial charge in [0.05, 0.1) is 10.9 Å². The Morgan fingerprint density at radius 3 is 2.82 bits per heavy atom. The number of hydrogen-bond acceptors (Lipinski definition) is 9. The van der Waals surface area contributed by atoms with Crippen LogP contribution in [0.25, 0.3) is 0 Å². The second kappa shape index (κ2) is 7.91. The third kappa shape index (κ3) is 4.22. The zero-order chi connectivity index (χ0) is 15.5. The molecule has 0 aliphatic carbocycles. The minimum atomic E-state index is -0.00900. The molecule has 2 heterocycles. The summed E-state index contributed by atoms with van der Waals surface area (Å²) in [6, 6.07) is 10.1. The van der Waals surface area contributed by atoms with E-state index in [9.17, 15) is 0 Å². The molecule has 3 rings (SSSR count). The van der Waals surface area contributed by atoms with Crippen LogP contribution in [-0.2, 0) is 0 Å². The van der Waals surface area contributed by atoms with Gasteiger partial charge in [0.15, 0.2) is 0 Å². The summed E-state index contributed by atoms with van der Waals surface area (Å²) in [5, 5.41) is 7.68. The van der Waals surface area contributed by atoms with Gasteiger partial charge in [0, 0.05) is 5.75 Å². The molecule has 4 nitrogen and oxygen atoms in total. The van der Waals surface area contributed by atoms with E-state index in [1.54, 1.807) is 35.3 Å². The number of benzene rings is 1. The second-order valence-electron chi connectivity index (χ2n) is 4.42. The van der Waals surface area contributed by atoms with E-state index >= 15 is 0 Å². The third-order valence-electron chi connectivity index (χ3n) is 2.86. The number of thiocarbonyl (C=S) groups is 1. The van der Waals surface area contributed by atoms with E-state index < -0.39 is 0 Å². The number of hydrazone groups is 1. The van der Waals surface area contributed by atoms with Crippen molar-refractivity contribution >= 4 is 87.8 Å². The zero-order valence-electron chi connectivity index (χ0n) is 11.2. The van der Waals surface area contributed by atoms with Crippen LogP contribution < -0.4 is 15.9 Å². The van der Waals surface area contributed by atoms with Gasteiger partial charge in [0.1, 0.15) is 18.8 Å². The topological polar surface area (TPSA) is 39.7 Å². The average Bonchev–Trinajstić information content (AvgIpc) is 3.12. The highest BCUT2D eigenvalue weighted by atomic mass is 32.2. The quantitative estimate of drug-likeness (QED) is 0.442. The Balaban J connectivity index is 1.58. The first-order chi connectivity index (χ1) is 10.6. The molecule has 0 amide bonds. The number of anilines is 1. The average molecular weight is 407 g/mol. The summed E-state index contributed by atoms with van der Waals surface area (Å²) in [5.41, 5.74) is 7.11. The van der Waals surface area contributed by atoms with Crippen LogP contribution in [0.3, 0.4) is 0 Å². The van der Waals surface area contributed by atoms with Crippen LogP contribution in [0.15, 0.2) is 35.4 Å². The Morgan fingerprint density at radius 1 is 1.36 bits per heavy atom. The molecule has 2 N–H and O–H groups in total. The van der Waals surface area contributed by atoms with Crippen molar-refractivity contribution in [2.24, 2.45) is 5.10 Å². The van der Waals surface area contributed by atoms with Crippen molar-refractivity contribution in [3.63, 3.8) is 0 Å². The molecule has 1 aromatic carbocycles. The number of hydrogen-bond donors (Lipinski definition) is 4. The van der Waals surface area contributed by atoms with Crippen molar-refractivity contribution in [1.29, 1.82) is 0 Å². The van der Waals surface area contributed by atoms with Crippen molar-refractivity contribution in [2.75, 3.05) is 10.8 Å². The highest BCUT2D eigenvalue weighted by Gasteiger charge is 2.30. The lowest BCUT2D eigenvalue weighted by atomic mass is 10.3. The second-order valence-corrected chi connectivity index (χ2v) is 10.2. The van der Waals surface area contributed by atoms with Crippen LogP contribution in [0.4, 0.5) is 5.69 Å². The van der Waals surface area contributed by atoms with Crippen molar-refractivity contribution in [1.82, 2.24) is 10.9 Å². The number of para-hydroxylation sites is 1. The first-order valence-corrected chi connectivity index (χ1v) is 10.7. The number of hydrazine groups is 1. The maximum Gasteiger partial charge on any atom is 0.150 e. The molecule has 22 heavy (non-hydrogen) atoms. The molecule has 0 radical (unpaired) electrons. The van der Waals surface area contributed by atoms with Gasteiger partial charge in [-0.3, -0.25) is 0 Å². The summed E-state index contributed by atoms with van der Waals surface area (Å²) in [4.78, 5) is 0. The summed E-state index contributed by atoms with van der Waals surface area (Å²) in [7, 11) is 0. The minimum Gasteiger partial charge on any atom is -0.305 e. The van der Waals surface area contributed by atoms with Gasteiger partial charge in [-0.25, -0.2) is 10.4 Å². The molecule has 2 aliphatic heterocycles. The molecule has 1 fully saturated rings. The Labute approximate surface area is 158 Å². The maximum absolute atomic E-state index is 5.08. The van der Waals surface area contributed by atoms with Crippen LogP contribution in [0.2, 0.25) is 0 Å². The Hall–Kier alpha value is 0.290. The van der Waals surface area contributed by atoms with Crippen LogP contribution in [0, 0.1) is 0 Å². The van der Waals surface area contributed by atoms with Gasteiger partial charge in [-0.05, 0) is 12.1 Å². The standard InChI is InChI=1S/C12H14N4S6/c17-8(6-20-11-14-13-10(18)22-11)9-15-16(12(19)21-9)7-4-2-1-3-5-7/h1-5,8,11-12,14,17,19H,6H2,(H,13,18). The lowest BCUT2D eigenvalue weighted by molar-refractivity contribution is 0.754. The summed E-state index contributed by atoms with van der Waals surface area (Å²) in [6.07, 6.45) is 0. The summed E-state index contributed by atoms with van der Waals surface area (Å²) >= 11 is 19.4. The van der Waals surface area contributed by atoms with E-state index in [0.29, 0.717) is 0 Å². The van der Waals surface area contributed by atoms with Crippen LogP contribution in [-0.4, -0.2) is 29.8 Å². The van der Waals surface area contributed by atoms with Gasteiger partial charge in [0.25, 0.3) is 0 Å². The van der Waals surface area contributed by atoms with Gasteiger partial charge >= 0.3 is 0 Å². The third-order valence-corrected chi connectivity index (χ3v) is 7.94. The molecule has 118 valence electrons. The molecular weight excluding hydrogens is 393 g/mol. The SMILES string of the molecule is S=C1NNC(SCC(S)C2=NN(c3ccccc3)C(S)S2)S1. The number of nitrogens with zero attached hydrogens (tertiary/aromatic N) is 2. The molecule has 0 saturated carbocycles. The summed E-state index contributed by atoms with van der Waals surface area (Å²) < 4.78 is 1.00. The fraction of sp³-hybridized carbons (Fsp3) is 0.333. The van der Waals surface area contributed by atoms with E-state index in [2.05, 4.69) is 28.6 Å². The number of nitrogens with one attached hydrogen (secondary N) is 2. The molecule has 2 aliphatic rings. The number of rotatable bonds is 5. The van der Waals surface area contributed by atoms with E-state index in [0.717, 1.165) is 20.8 Å². The van der Waals surface area contributed by atoms with Crippen molar-refractivity contribution in [3.8, 4) is 0 Å². The predicted molar refractivity (Wildman–Crippen MR) is 112 cm³/mol. The van der Waals surface area contributed by atoms with Crippen LogP contribution >= 0.6 is 72.8 Å². The normalized spacial score (nSPS) is 26.0. The molecule has 3 unspecified atom stereocenters. The van der Waals surface area contributed by atoms with E-state index in [1.807, 2.05) is 35.3 Å². The van der Waals surface area contributed by atoms with Gasteiger partial charge in [-0.15, -0.1) is 24.4 Å². The Kier molecular flexibility index (Phi) is 6.16. The summed E-state index contributed by atoms with van der Waals surface area (Å²) in [5.74, 6) is 0.854. The fourth-order valence-corrected chi connectivity index (χ4v) is 6.23. The number of thioether (sulfide) groups is 3. The molecule has 3 atom stereocenters. The zero-order valence-corrected chi connectivity index (χ0v) is 16.3. The van der Waals surface area contributed by atoms with Gasteiger partial charge in [-0.2, -0.15) is 17.7 Å². The lowest BCUT2D eigenvalue weighted by Crippen LogP contribution is -2.30. The first-order valence-electron chi connectivity index (χ1n) is 6.43. The van der Waals surface area contributed by atoms with Crippen LogP contribution in [0.5, 0.6) is 0 Å². The van der Waals surface area contributed by atoms with Gasteiger partial charge in [-0.1, -0.05) is 53.9 Å². The van der Waals surface area contributed by atoms with Crippen LogP contribution in [0.1, 0.15) is 0 Å². The number of thiol groups is 2. The van der Waals surface area contributed by atoms with E-state index in [1.165, 1.54) is 0 Å². The molecule has 0 spiro atoms. The highest BCUT2D eigenvalue weighted by molar-refractivity contribution is 8.30. The van der Waals surface area contributed by atoms with Crippen molar-refractivity contribution in [3.05, 3.63) is 30.3 Å². The monoisotopic (exact) mass is 406 g/mol. The lowest BCUT2D eigenvalue weighted by Gasteiger charge is -2.17. The maximum atomic E-state index is 5.08. The van der Waals surface area contributed by atoms with Gasteiger partial charge < -0.3 is 5.43 Å². The van der Waals surface area contributed by atoms with E-state index in [-0.39, 0.29) is 14.7 Å². The Morgan fingerprint density at radius 2 is 2.14 bits per heavy atom. The first kappa shape index (κ1) is 17.1. The molecular formula is C12H14N4S6. The van der Waals surface area contributed by atoms with E-state index in [4.69, 9.17) is 24.8 Å². The molecule has 0 aromatic heterocycles. The molecule has 1 saturated heterocycles. The fourth-order valence-electron chi connectivity index (χ4n) is 1.85.